The van der Waals surface area contributed by atoms with Crippen LogP contribution in [0.4, 0.5) is 4.39 Å². The number of hydrogen-bond donors (Lipinski definition) is 1. The number of likely N-dealkylation sites (tertiary alicyclic amines) is 1. The van der Waals surface area contributed by atoms with Gasteiger partial charge in [-0.15, -0.1) is 0 Å². The first-order valence-corrected chi connectivity index (χ1v) is 9.11. The van der Waals surface area contributed by atoms with Gasteiger partial charge in [0.15, 0.2) is 0 Å². The topological polar surface area (TPSA) is 32.3 Å². The number of nitrogens with zero attached hydrogens (tertiary/aromatic N) is 1. The van der Waals surface area contributed by atoms with Gasteiger partial charge in [-0.3, -0.25) is 9.69 Å². The van der Waals surface area contributed by atoms with Crippen LogP contribution in [0.15, 0.2) is 42.5 Å². The van der Waals surface area contributed by atoms with Crippen molar-refractivity contribution in [2.75, 3.05) is 26.2 Å². The molecule has 0 saturated carbocycles. The van der Waals surface area contributed by atoms with Crippen LogP contribution in [0.3, 0.4) is 0 Å². The van der Waals surface area contributed by atoms with Crippen molar-refractivity contribution >= 4 is 29.1 Å². The summed E-state index contributed by atoms with van der Waals surface area (Å²) >= 11 is 11.8. The number of carbonyl (C=O) groups is 1. The minimum Gasteiger partial charge on any atom is -0.349 e. The van der Waals surface area contributed by atoms with E-state index in [0.29, 0.717) is 41.5 Å². The van der Waals surface area contributed by atoms with Gasteiger partial charge in [-0.25, -0.2) is 4.39 Å². The molecule has 1 aliphatic rings. The smallest absolute Gasteiger partial charge is 0.251 e. The third-order valence-corrected chi connectivity index (χ3v) is 4.68. The zero-order chi connectivity index (χ0) is 18.3. The van der Waals surface area contributed by atoms with Crippen LogP contribution < -0.4 is 5.32 Å². The number of alkyl halides is 1. The summed E-state index contributed by atoms with van der Waals surface area (Å²) in [5.41, 5.74) is -1.03. The second kappa shape index (κ2) is 9.37. The van der Waals surface area contributed by atoms with Gasteiger partial charge in [0, 0.05) is 35.2 Å². The number of allylic oxidation sites excluding steroid dienone is 3. The Morgan fingerprint density at radius 2 is 1.88 bits per heavy atom. The lowest BCUT2D eigenvalue weighted by molar-refractivity contribution is 0.0585. The monoisotopic (exact) mass is 384 g/mol. The molecular weight excluding hydrogens is 362 g/mol. The molecule has 0 spiro atoms. The number of rotatable bonds is 6. The van der Waals surface area contributed by atoms with Crippen molar-refractivity contribution in [3.8, 4) is 0 Å². The van der Waals surface area contributed by atoms with Crippen LogP contribution in [0.5, 0.6) is 0 Å². The lowest BCUT2D eigenvalue weighted by atomic mass is 9.93. The van der Waals surface area contributed by atoms with Crippen LogP contribution in [-0.4, -0.2) is 42.7 Å². The van der Waals surface area contributed by atoms with Crippen molar-refractivity contribution in [2.45, 2.75) is 25.4 Å². The number of piperidine rings is 1. The fraction of sp³-hybridized carbons (Fsp3) is 0.421. The van der Waals surface area contributed by atoms with Crippen LogP contribution in [0.25, 0.3) is 0 Å². The molecule has 0 aromatic heterocycles. The summed E-state index contributed by atoms with van der Waals surface area (Å²) in [4.78, 5) is 14.4. The Morgan fingerprint density at radius 3 is 2.48 bits per heavy atom. The molecule has 1 N–H and O–H groups in total. The third-order valence-electron chi connectivity index (χ3n) is 4.25. The largest absolute Gasteiger partial charge is 0.349 e. The van der Waals surface area contributed by atoms with Crippen LogP contribution in [-0.2, 0) is 0 Å². The van der Waals surface area contributed by atoms with Crippen molar-refractivity contribution in [3.05, 3.63) is 58.1 Å². The summed E-state index contributed by atoms with van der Waals surface area (Å²) in [5, 5.41) is 3.43. The number of carbonyl (C=O) groups excluding carboxylic acids is 1. The summed E-state index contributed by atoms with van der Waals surface area (Å²) in [7, 11) is 0. The molecule has 0 bridgehead atoms. The van der Waals surface area contributed by atoms with Gasteiger partial charge in [-0.1, -0.05) is 47.5 Å². The van der Waals surface area contributed by atoms with E-state index in [9.17, 15) is 9.18 Å². The minimum atomic E-state index is -1.37. The Balaban J connectivity index is 1.82. The number of amides is 1. The second-order valence-corrected chi connectivity index (χ2v) is 7.12. The molecule has 1 aliphatic heterocycles. The van der Waals surface area contributed by atoms with Crippen LogP contribution in [0.2, 0.25) is 10.0 Å². The normalized spacial score (nSPS) is 18.1. The van der Waals surface area contributed by atoms with Gasteiger partial charge in [0.25, 0.3) is 5.91 Å². The predicted octanol–water partition coefficient (Wildman–Crippen LogP) is 4.66. The number of halogens is 3. The highest BCUT2D eigenvalue weighted by molar-refractivity contribution is 6.35. The summed E-state index contributed by atoms with van der Waals surface area (Å²) in [5.74, 6) is -0.363. The molecule has 0 radical (unpaired) electrons. The molecule has 1 amide bonds. The van der Waals surface area contributed by atoms with E-state index >= 15 is 0 Å². The maximum atomic E-state index is 14.9. The van der Waals surface area contributed by atoms with Gasteiger partial charge in [-0.2, -0.15) is 0 Å². The molecule has 1 fully saturated rings. The SMILES string of the molecule is C/C=C/C=C/CN1CCC(F)(CNC(=O)c2cc(Cl)cc(Cl)c2)CC1. The Morgan fingerprint density at radius 1 is 1.24 bits per heavy atom. The molecule has 1 saturated heterocycles. The fourth-order valence-electron chi connectivity index (χ4n) is 2.74. The minimum absolute atomic E-state index is 0.00177. The molecule has 3 nitrogen and oxygen atoms in total. The lowest BCUT2D eigenvalue weighted by Crippen LogP contribution is -2.48. The van der Waals surface area contributed by atoms with Crippen molar-refractivity contribution < 1.29 is 9.18 Å². The first-order chi connectivity index (χ1) is 11.9. The van der Waals surface area contributed by atoms with Gasteiger partial charge in [0.2, 0.25) is 0 Å². The summed E-state index contributed by atoms with van der Waals surface area (Å²) < 4.78 is 14.9. The van der Waals surface area contributed by atoms with Gasteiger partial charge >= 0.3 is 0 Å². The Hall–Kier alpha value is -1.36. The molecule has 1 aromatic carbocycles. The Labute approximate surface area is 158 Å². The molecule has 1 heterocycles. The van der Waals surface area contributed by atoms with Crippen molar-refractivity contribution in [3.63, 3.8) is 0 Å². The van der Waals surface area contributed by atoms with E-state index in [1.165, 1.54) is 12.1 Å². The quantitative estimate of drug-likeness (QED) is 0.723. The predicted molar refractivity (Wildman–Crippen MR) is 102 cm³/mol. The molecule has 2 rings (SSSR count). The van der Waals surface area contributed by atoms with Gasteiger partial charge in [-0.05, 0) is 38.0 Å². The molecule has 25 heavy (non-hydrogen) atoms. The molecule has 0 aliphatic carbocycles. The average molecular weight is 385 g/mol. The first-order valence-electron chi connectivity index (χ1n) is 8.35. The number of hydrogen-bond acceptors (Lipinski definition) is 2. The number of benzene rings is 1. The highest BCUT2D eigenvalue weighted by Gasteiger charge is 2.34. The zero-order valence-electron chi connectivity index (χ0n) is 14.3. The van der Waals surface area contributed by atoms with Gasteiger partial charge in [0.05, 0.1) is 6.54 Å². The maximum absolute atomic E-state index is 14.9. The van der Waals surface area contributed by atoms with E-state index in [1.54, 1.807) is 6.07 Å². The van der Waals surface area contributed by atoms with E-state index in [4.69, 9.17) is 23.2 Å². The summed E-state index contributed by atoms with van der Waals surface area (Å²) in [6, 6.07) is 4.59. The molecule has 6 heteroatoms. The molecule has 1 aromatic rings. The molecular formula is C19H23Cl2FN2O. The van der Waals surface area contributed by atoms with Gasteiger partial charge in [0.1, 0.15) is 5.67 Å². The second-order valence-electron chi connectivity index (χ2n) is 6.25. The maximum Gasteiger partial charge on any atom is 0.251 e. The Kier molecular flexibility index (Phi) is 7.48. The van der Waals surface area contributed by atoms with Gasteiger partial charge < -0.3 is 5.32 Å². The van der Waals surface area contributed by atoms with E-state index in [2.05, 4.69) is 16.3 Å². The molecule has 0 unspecified atom stereocenters. The van der Waals surface area contributed by atoms with E-state index in [-0.39, 0.29) is 12.5 Å². The standard InChI is InChI=1S/C19H23Cl2FN2O/c1-2-3-4-5-8-24-9-6-19(22,7-10-24)14-23-18(25)15-11-16(20)13-17(21)12-15/h2-5,11-13H,6-10,14H2,1H3,(H,23,25)/b3-2+,5-4+. The average Bonchev–Trinajstić information content (AvgIpc) is 2.57. The first kappa shape index (κ1) is 20.0. The Bertz CT molecular complexity index is 633. The fourth-order valence-corrected chi connectivity index (χ4v) is 3.26. The van der Waals surface area contributed by atoms with Crippen molar-refractivity contribution in [1.82, 2.24) is 10.2 Å². The summed E-state index contributed by atoms with van der Waals surface area (Å²) in [6.45, 7) is 4.13. The molecule has 136 valence electrons. The van der Waals surface area contributed by atoms with E-state index in [0.717, 1.165) is 6.54 Å². The van der Waals surface area contributed by atoms with Crippen molar-refractivity contribution in [1.29, 1.82) is 0 Å². The number of nitrogens with one attached hydrogen (secondary N) is 1. The summed E-state index contributed by atoms with van der Waals surface area (Å²) in [6.07, 6.45) is 8.81. The van der Waals surface area contributed by atoms with Crippen LogP contribution in [0.1, 0.15) is 30.1 Å². The lowest BCUT2D eigenvalue weighted by Gasteiger charge is -2.36. The van der Waals surface area contributed by atoms with Crippen molar-refractivity contribution in [2.24, 2.45) is 0 Å². The zero-order valence-corrected chi connectivity index (χ0v) is 15.8. The van der Waals surface area contributed by atoms with Crippen LogP contribution in [0, 0.1) is 0 Å². The molecule has 0 atom stereocenters. The third kappa shape index (κ3) is 6.46. The van der Waals surface area contributed by atoms with Crippen LogP contribution >= 0.6 is 23.2 Å². The van der Waals surface area contributed by atoms with E-state index in [1.807, 2.05) is 25.2 Å². The highest BCUT2D eigenvalue weighted by Crippen LogP contribution is 2.26. The van der Waals surface area contributed by atoms with E-state index < -0.39 is 5.67 Å². The highest BCUT2D eigenvalue weighted by atomic mass is 35.5.